The van der Waals surface area contributed by atoms with Gasteiger partial charge in [-0.1, -0.05) is 6.07 Å². The fourth-order valence-electron chi connectivity index (χ4n) is 2.68. The molecule has 1 heterocycles. The maximum absolute atomic E-state index is 13.4. The standard InChI is InChI=1S/C17H22F2N2O4/c1-17(2,3)25-16(24)21-8-6-20(7-9-21)14(15(22)23)11-4-5-12(18)13(19)10-11/h4-5,10,14H,6-9H2,1-3H3,(H,22,23)/t14-/m1/s1. The van der Waals surface area contributed by atoms with Gasteiger partial charge in [-0.3, -0.25) is 9.69 Å². The van der Waals surface area contributed by atoms with Gasteiger partial charge in [-0.2, -0.15) is 0 Å². The van der Waals surface area contributed by atoms with E-state index in [1.165, 1.54) is 11.0 Å². The van der Waals surface area contributed by atoms with Crippen LogP contribution in [0.2, 0.25) is 0 Å². The Bertz CT molecular complexity index is 653. The number of amides is 1. The number of halogens is 2. The Balaban J connectivity index is 2.07. The molecule has 2 rings (SSSR count). The van der Waals surface area contributed by atoms with Gasteiger partial charge in [0.25, 0.3) is 0 Å². The summed E-state index contributed by atoms with van der Waals surface area (Å²) in [5.41, 5.74) is -0.444. The highest BCUT2D eigenvalue weighted by Crippen LogP contribution is 2.24. The number of benzene rings is 1. The summed E-state index contributed by atoms with van der Waals surface area (Å²) in [6.07, 6.45) is -0.452. The first-order chi connectivity index (χ1) is 11.6. The number of carboxylic acid groups (broad SMARTS) is 1. The van der Waals surface area contributed by atoms with Crippen molar-refractivity contribution in [3.05, 3.63) is 35.4 Å². The molecule has 1 saturated heterocycles. The summed E-state index contributed by atoms with van der Waals surface area (Å²) in [6, 6.07) is 1.97. The lowest BCUT2D eigenvalue weighted by molar-refractivity contribution is -0.144. The lowest BCUT2D eigenvalue weighted by atomic mass is 10.0. The molecule has 8 heteroatoms. The predicted molar refractivity (Wildman–Crippen MR) is 86.1 cm³/mol. The average molecular weight is 356 g/mol. The summed E-state index contributed by atoms with van der Waals surface area (Å²) in [7, 11) is 0. The zero-order valence-electron chi connectivity index (χ0n) is 14.5. The Morgan fingerprint density at radius 3 is 2.20 bits per heavy atom. The monoisotopic (exact) mass is 356 g/mol. The molecule has 1 amide bonds. The molecule has 25 heavy (non-hydrogen) atoms. The van der Waals surface area contributed by atoms with Crippen molar-refractivity contribution in [2.75, 3.05) is 26.2 Å². The number of hydrogen-bond donors (Lipinski definition) is 1. The van der Waals surface area contributed by atoms with E-state index in [1.807, 2.05) is 0 Å². The van der Waals surface area contributed by atoms with Gasteiger partial charge >= 0.3 is 12.1 Å². The smallest absolute Gasteiger partial charge is 0.410 e. The molecule has 0 bridgehead atoms. The van der Waals surface area contributed by atoms with Crippen LogP contribution >= 0.6 is 0 Å². The Labute approximate surface area is 145 Å². The number of carbonyl (C=O) groups is 2. The molecule has 0 aliphatic carbocycles. The van der Waals surface area contributed by atoms with E-state index >= 15 is 0 Å². The first kappa shape index (κ1) is 19.1. The van der Waals surface area contributed by atoms with Gasteiger partial charge in [0, 0.05) is 26.2 Å². The van der Waals surface area contributed by atoms with Gasteiger partial charge in [0.1, 0.15) is 11.6 Å². The molecule has 0 radical (unpaired) electrons. The summed E-state index contributed by atoms with van der Waals surface area (Å²) in [4.78, 5) is 26.8. The van der Waals surface area contributed by atoms with Crippen LogP contribution in [0.15, 0.2) is 18.2 Å². The number of aliphatic carboxylic acids is 1. The van der Waals surface area contributed by atoms with Crippen LogP contribution in [0.4, 0.5) is 13.6 Å². The van der Waals surface area contributed by atoms with Crippen LogP contribution in [0.25, 0.3) is 0 Å². The van der Waals surface area contributed by atoms with Gasteiger partial charge < -0.3 is 14.7 Å². The summed E-state index contributed by atoms with van der Waals surface area (Å²) in [5, 5.41) is 9.50. The largest absolute Gasteiger partial charge is 0.480 e. The minimum absolute atomic E-state index is 0.164. The zero-order valence-corrected chi connectivity index (χ0v) is 14.5. The van der Waals surface area contributed by atoms with Crippen molar-refractivity contribution in [3.8, 4) is 0 Å². The van der Waals surface area contributed by atoms with E-state index in [-0.39, 0.29) is 18.7 Å². The summed E-state index contributed by atoms with van der Waals surface area (Å²) in [6.45, 7) is 6.47. The molecule has 0 spiro atoms. The summed E-state index contributed by atoms with van der Waals surface area (Å²) in [5.74, 6) is -3.27. The molecule has 1 aromatic carbocycles. The molecule has 1 aliphatic rings. The molecule has 0 saturated carbocycles. The number of nitrogens with zero attached hydrogens (tertiary/aromatic N) is 2. The first-order valence-corrected chi connectivity index (χ1v) is 7.98. The number of carbonyl (C=O) groups excluding carboxylic acids is 1. The van der Waals surface area contributed by atoms with Crippen molar-refractivity contribution >= 4 is 12.1 Å². The number of rotatable bonds is 3. The van der Waals surface area contributed by atoms with Crippen LogP contribution in [-0.4, -0.2) is 58.7 Å². The van der Waals surface area contributed by atoms with E-state index in [2.05, 4.69) is 0 Å². The van der Waals surface area contributed by atoms with Crippen molar-refractivity contribution in [2.45, 2.75) is 32.4 Å². The highest BCUT2D eigenvalue weighted by Gasteiger charge is 2.33. The van der Waals surface area contributed by atoms with Gasteiger partial charge in [-0.25, -0.2) is 13.6 Å². The van der Waals surface area contributed by atoms with Crippen molar-refractivity contribution in [2.24, 2.45) is 0 Å². The Kier molecular flexibility index (Phi) is 5.62. The Morgan fingerprint density at radius 1 is 1.12 bits per heavy atom. The van der Waals surface area contributed by atoms with Crippen LogP contribution in [-0.2, 0) is 9.53 Å². The molecule has 1 N–H and O–H groups in total. The zero-order chi connectivity index (χ0) is 18.8. The number of ether oxygens (including phenoxy) is 1. The van der Waals surface area contributed by atoms with Crippen LogP contribution in [0.5, 0.6) is 0 Å². The van der Waals surface area contributed by atoms with Crippen LogP contribution < -0.4 is 0 Å². The third-order valence-corrected chi connectivity index (χ3v) is 3.82. The third-order valence-electron chi connectivity index (χ3n) is 3.82. The molecule has 0 unspecified atom stereocenters. The first-order valence-electron chi connectivity index (χ1n) is 7.98. The molecule has 1 aliphatic heterocycles. The van der Waals surface area contributed by atoms with Crippen molar-refractivity contribution in [1.29, 1.82) is 0 Å². The second kappa shape index (κ2) is 7.35. The van der Waals surface area contributed by atoms with E-state index in [0.29, 0.717) is 13.1 Å². The van der Waals surface area contributed by atoms with Crippen LogP contribution in [0.3, 0.4) is 0 Å². The number of carboxylic acids is 1. The van der Waals surface area contributed by atoms with Crippen LogP contribution in [0, 0.1) is 11.6 Å². The van der Waals surface area contributed by atoms with Crippen molar-refractivity contribution < 1.29 is 28.2 Å². The normalized spacial score (nSPS) is 17.2. The maximum Gasteiger partial charge on any atom is 0.410 e. The van der Waals surface area contributed by atoms with Crippen molar-refractivity contribution in [3.63, 3.8) is 0 Å². The van der Waals surface area contributed by atoms with E-state index in [0.717, 1.165) is 12.1 Å². The lowest BCUT2D eigenvalue weighted by Crippen LogP contribution is -2.52. The van der Waals surface area contributed by atoms with E-state index < -0.39 is 35.3 Å². The Hall–Kier alpha value is -2.22. The predicted octanol–water partition coefficient (Wildman–Crippen LogP) is 2.64. The third kappa shape index (κ3) is 4.88. The fraction of sp³-hybridized carbons (Fsp3) is 0.529. The molecular weight excluding hydrogens is 334 g/mol. The summed E-state index contributed by atoms with van der Waals surface area (Å²) < 4.78 is 31.8. The summed E-state index contributed by atoms with van der Waals surface area (Å²) >= 11 is 0. The van der Waals surface area contributed by atoms with Gasteiger partial charge in [-0.15, -0.1) is 0 Å². The van der Waals surface area contributed by atoms with Crippen molar-refractivity contribution in [1.82, 2.24) is 9.80 Å². The second-order valence-electron chi connectivity index (χ2n) is 6.92. The molecule has 6 nitrogen and oxygen atoms in total. The second-order valence-corrected chi connectivity index (χ2v) is 6.92. The molecule has 1 aromatic rings. The number of piperazine rings is 1. The molecular formula is C17H22F2N2O4. The fourth-order valence-corrected chi connectivity index (χ4v) is 2.68. The topological polar surface area (TPSA) is 70.1 Å². The van der Waals surface area contributed by atoms with Gasteiger partial charge in [0.05, 0.1) is 0 Å². The molecule has 1 atom stereocenters. The number of hydrogen-bond acceptors (Lipinski definition) is 4. The molecule has 0 aromatic heterocycles. The van der Waals surface area contributed by atoms with Crippen LogP contribution in [0.1, 0.15) is 32.4 Å². The molecule has 1 fully saturated rings. The highest BCUT2D eigenvalue weighted by atomic mass is 19.2. The minimum Gasteiger partial charge on any atom is -0.480 e. The molecule has 138 valence electrons. The van der Waals surface area contributed by atoms with E-state index in [1.54, 1.807) is 25.7 Å². The maximum atomic E-state index is 13.4. The average Bonchev–Trinajstić information content (AvgIpc) is 2.49. The Morgan fingerprint density at radius 2 is 1.72 bits per heavy atom. The van der Waals surface area contributed by atoms with Gasteiger partial charge in [0.15, 0.2) is 11.6 Å². The lowest BCUT2D eigenvalue weighted by Gasteiger charge is -2.38. The van der Waals surface area contributed by atoms with E-state index in [4.69, 9.17) is 4.74 Å². The van der Waals surface area contributed by atoms with Gasteiger partial charge in [-0.05, 0) is 38.5 Å². The minimum atomic E-state index is -1.16. The SMILES string of the molecule is CC(C)(C)OC(=O)N1CCN([C@@H](C(=O)O)c2ccc(F)c(F)c2)CC1. The van der Waals surface area contributed by atoms with E-state index in [9.17, 15) is 23.5 Å². The highest BCUT2D eigenvalue weighted by molar-refractivity contribution is 5.75. The quantitative estimate of drug-likeness (QED) is 0.902. The van der Waals surface area contributed by atoms with Gasteiger partial charge in [0.2, 0.25) is 0 Å².